The minimum Gasteiger partial charge on any atom is -0.485 e. The van der Waals surface area contributed by atoms with Gasteiger partial charge in [0.15, 0.2) is 0 Å². The summed E-state index contributed by atoms with van der Waals surface area (Å²) in [5.41, 5.74) is 7.93. The smallest absolute Gasteiger partial charge is 0.146 e. The van der Waals surface area contributed by atoms with Gasteiger partial charge in [-0.25, -0.2) is 0 Å². The Labute approximate surface area is 114 Å². The highest BCUT2D eigenvalue weighted by Crippen LogP contribution is 2.28. The summed E-state index contributed by atoms with van der Waals surface area (Å²) in [4.78, 5) is 0. The molecule has 1 heterocycles. The van der Waals surface area contributed by atoms with E-state index in [0.717, 1.165) is 17.3 Å². The molecular weight excluding hydrogens is 238 g/mol. The van der Waals surface area contributed by atoms with E-state index in [2.05, 4.69) is 39.0 Å². The van der Waals surface area contributed by atoms with Crippen molar-refractivity contribution in [3.05, 3.63) is 53.0 Å². The zero-order valence-electron chi connectivity index (χ0n) is 11.8. The standard InChI is InChI=1S/C16H21NO2/c1-11(2)15-7-4-12(3)8-16(15)18-10-14-6-5-13(9-17)19-14/h4-8,11H,9-10,17H2,1-3H3. The predicted molar refractivity (Wildman–Crippen MR) is 76.2 cm³/mol. The fourth-order valence-corrected chi connectivity index (χ4v) is 2.00. The third-order valence-electron chi connectivity index (χ3n) is 3.08. The largest absolute Gasteiger partial charge is 0.485 e. The lowest BCUT2D eigenvalue weighted by molar-refractivity contribution is 0.263. The van der Waals surface area contributed by atoms with Crippen LogP contribution in [0.15, 0.2) is 34.7 Å². The zero-order valence-corrected chi connectivity index (χ0v) is 11.8. The number of aryl methyl sites for hydroxylation is 1. The topological polar surface area (TPSA) is 48.4 Å². The molecular formula is C16H21NO2. The van der Waals surface area contributed by atoms with Gasteiger partial charge in [-0.1, -0.05) is 26.0 Å². The number of ether oxygens (including phenoxy) is 1. The van der Waals surface area contributed by atoms with Gasteiger partial charge in [0.05, 0.1) is 6.54 Å². The maximum Gasteiger partial charge on any atom is 0.146 e. The molecule has 0 radical (unpaired) electrons. The van der Waals surface area contributed by atoms with Gasteiger partial charge in [-0.05, 0) is 42.2 Å². The van der Waals surface area contributed by atoms with E-state index in [1.54, 1.807) is 0 Å². The number of rotatable bonds is 5. The Kier molecular flexibility index (Phi) is 4.27. The van der Waals surface area contributed by atoms with Crippen molar-refractivity contribution in [3.63, 3.8) is 0 Å². The second kappa shape index (κ2) is 5.93. The average molecular weight is 259 g/mol. The molecule has 0 bridgehead atoms. The molecule has 3 nitrogen and oxygen atoms in total. The lowest BCUT2D eigenvalue weighted by Gasteiger charge is -2.14. The Hall–Kier alpha value is -1.74. The molecule has 102 valence electrons. The molecule has 0 amide bonds. The van der Waals surface area contributed by atoms with Gasteiger partial charge in [0.1, 0.15) is 23.9 Å². The van der Waals surface area contributed by atoms with Gasteiger partial charge in [-0.2, -0.15) is 0 Å². The van der Waals surface area contributed by atoms with E-state index in [1.807, 2.05) is 12.1 Å². The summed E-state index contributed by atoms with van der Waals surface area (Å²) in [6.45, 7) is 7.25. The van der Waals surface area contributed by atoms with E-state index >= 15 is 0 Å². The molecule has 1 aromatic carbocycles. The number of hydrogen-bond donors (Lipinski definition) is 1. The Morgan fingerprint density at radius 2 is 1.89 bits per heavy atom. The van der Waals surface area contributed by atoms with Crippen LogP contribution in [0.25, 0.3) is 0 Å². The maximum atomic E-state index is 5.89. The Morgan fingerprint density at radius 1 is 1.16 bits per heavy atom. The summed E-state index contributed by atoms with van der Waals surface area (Å²) in [7, 11) is 0. The number of nitrogens with two attached hydrogens (primary N) is 1. The van der Waals surface area contributed by atoms with Gasteiger partial charge in [0.2, 0.25) is 0 Å². The first-order chi connectivity index (χ1) is 9.10. The molecule has 0 saturated carbocycles. The van der Waals surface area contributed by atoms with Gasteiger partial charge < -0.3 is 14.9 Å². The van der Waals surface area contributed by atoms with Gasteiger partial charge in [0, 0.05) is 0 Å². The summed E-state index contributed by atoms with van der Waals surface area (Å²) in [5, 5.41) is 0. The summed E-state index contributed by atoms with van der Waals surface area (Å²) >= 11 is 0. The van der Waals surface area contributed by atoms with Crippen LogP contribution in [0.4, 0.5) is 0 Å². The summed E-state index contributed by atoms with van der Waals surface area (Å²) in [5.74, 6) is 2.95. The first-order valence-corrected chi connectivity index (χ1v) is 6.61. The van der Waals surface area contributed by atoms with E-state index in [1.165, 1.54) is 11.1 Å². The molecule has 2 N–H and O–H groups in total. The van der Waals surface area contributed by atoms with Gasteiger partial charge in [-0.15, -0.1) is 0 Å². The predicted octanol–water partition coefficient (Wildman–Crippen LogP) is 3.75. The fraction of sp³-hybridized carbons (Fsp3) is 0.375. The molecule has 0 aliphatic rings. The van der Waals surface area contributed by atoms with Crippen molar-refractivity contribution in [3.8, 4) is 5.75 Å². The Balaban J connectivity index is 2.12. The summed E-state index contributed by atoms with van der Waals surface area (Å²) in [6, 6.07) is 10.1. The lowest BCUT2D eigenvalue weighted by atomic mass is 10.0. The maximum absolute atomic E-state index is 5.89. The van der Waals surface area contributed by atoms with Crippen LogP contribution in [-0.4, -0.2) is 0 Å². The van der Waals surface area contributed by atoms with Gasteiger partial charge in [0.25, 0.3) is 0 Å². The van der Waals surface area contributed by atoms with E-state index in [0.29, 0.717) is 19.1 Å². The van der Waals surface area contributed by atoms with E-state index in [-0.39, 0.29) is 0 Å². The first-order valence-electron chi connectivity index (χ1n) is 6.61. The molecule has 0 aliphatic heterocycles. The van der Waals surface area contributed by atoms with Crippen molar-refractivity contribution in [1.29, 1.82) is 0 Å². The molecule has 0 saturated heterocycles. The molecule has 0 atom stereocenters. The van der Waals surface area contributed by atoms with Gasteiger partial charge >= 0.3 is 0 Å². The molecule has 2 rings (SSSR count). The molecule has 19 heavy (non-hydrogen) atoms. The van der Waals surface area contributed by atoms with Crippen molar-refractivity contribution < 1.29 is 9.15 Å². The zero-order chi connectivity index (χ0) is 13.8. The van der Waals surface area contributed by atoms with Crippen molar-refractivity contribution >= 4 is 0 Å². The highest BCUT2D eigenvalue weighted by molar-refractivity contribution is 5.39. The third-order valence-corrected chi connectivity index (χ3v) is 3.08. The van der Waals surface area contributed by atoms with Crippen molar-refractivity contribution in [2.75, 3.05) is 0 Å². The van der Waals surface area contributed by atoms with E-state index in [4.69, 9.17) is 14.9 Å². The highest BCUT2D eigenvalue weighted by Gasteiger charge is 2.09. The number of benzene rings is 1. The quantitative estimate of drug-likeness (QED) is 0.889. The van der Waals surface area contributed by atoms with Crippen LogP contribution in [0.1, 0.15) is 42.4 Å². The summed E-state index contributed by atoms with van der Waals surface area (Å²) < 4.78 is 11.4. The summed E-state index contributed by atoms with van der Waals surface area (Å²) in [6.07, 6.45) is 0. The highest BCUT2D eigenvalue weighted by atomic mass is 16.5. The SMILES string of the molecule is Cc1ccc(C(C)C)c(OCc2ccc(CN)o2)c1. The molecule has 0 aliphatic carbocycles. The normalized spacial score (nSPS) is 11.0. The second-order valence-electron chi connectivity index (χ2n) is 5.06. The van der Waals surface area contributed by atoms with Crippen LogP contribution < -0.4 is 10.5 Å². The van der Waals surface area contributed by atoms with Crippen LogP contribution in [0, 0.1) is 6.92 Å². The van der Waals surface area contributed by atoms with E-state index < -0.39 is 0 Å². The fourth-order valence-electron chi connectivity index (χ4n) is 2.00. The van der Waals surface area contributed by atoms with Crippen molar-refractivity contribution in [2.24, 2.45) is 5.73 Å². The van der Waals surface area contributed by atoms with Crippen molar-refractivity contribution in [1.82, 2.24) is 0 Å². The van der Waals surface area contributed by atoms with Crippen LogP contribution in [-0.2, 0) is 13.2 Å². The minimum absolute atomic E-state index is 0.418. The van der Waals surface area contributed by atoms with Crippen LogP contribution in [0.3, 0.4) is 0 Å². The molecule has 0 unspecified atom stereocenters. The van der Waals surface area contributed by atoms with Crippen molar-refractivity contribution in [2.45, 2.75) is 39.8 Å². The van der Waals surface area contributed by atoms with Crippen LogP contribution in [0.5, 0.6) is 5.75 Å². The molecule has 2 aromatic rings. The van der Waals surface area contributed by atoms with E-state index in [9.17, 15) is 0 Å². The lowest BCUT2D eigenvalue weighted by Crippen LogP contribution is -2.00. The number of furan rings is 1. The molecule has 1 aromatic heterocycles. The average Bonchev–Trinajstić information content (AvgIpc) is 2.84. The molecule has 0 spiro atoms. The van der Waals surface area contributed by atoms with Crippen LogP contribution >= 0.6 is 0 Å². The Bertz CT molecular complexity index is 543. The van der Waals surface area contributed by atoms with Crippen LogP contribution in [0.2, 0.25) is 0 Å². The molecule has 0 fully saturated rings. The number of hydrogen-bond acceptors (Lipinski definition) is 3. The minimum atomic E-state index is 0.418. The monoisotopic (exact) mass is 259 g/mol. The Morgan fingerprint density at radius 3 is 2.53 bits per heavy atom. The third kappa shape index (κ3) is 3.38. The second-order valence-corrected chi connectivity index (χ2v) is 5.06. The molecule has 3 heteroatoms. The first kappa shape index (κ1) is 13.7. The van der Waals surface area contributed by atoms with Gasteiger partial charge in [-0.3, -0.25) is 0 Å².